The van der Waals surface area contributed by atoms with E-state index < -0.39 is 17.6 Å². The highest BCUT2D eigenvalue weighted by molar-refractivity contribution is 5.89. The van der Waals surface area contributed by atoms with Crippen LogP contribution in [-0.4, -0.2) is 36.2 Å². The fraction of sp³-hybridized carbons (Fsp3) is 0.667. The van der Waals surface area contributed by atoms with Crippen LogP contribution < -0.4 is 5.32 Å². The molecule has 1 N–H and O–H groups in total. The van der Waals surface area contributed by atoms with Crippen LogP contribution in [-0.2, 0) is 19.1 Å². The molecule has 0 radical (unpaired) electrons. The van der Waals surface area contributed by atoms with Crippen molar-refractivity contribution in [2.24, 2.45) is 0 Å². The molecule has 1 saturated heterocycles. The lowest BCUT2D eigenvalue weighted by Crippen LogP contribution is -2.53. The number of esters is 1. The molecule has 1 aromatic rings. The van der Waals surface area contributed by atoms with Crippen LogP contribution in [0.1, 0.15) is 80.5 Å². The molecule has 1 aromatic carbocycles. The highest BCUT2D eigenvalue weighted by Gasteiger charge is 2.57. The second kappa shape index (κ2) is 8.86. The predicted molar refractivity (Wildman–Crippen MR) is 113 cm³/mol. The van der Waals surface area contributed by atoms with Gasteiger partial charge in [0, 0.05) is 13.0 Å². The summed E-state index contributed by atoms with van der Waals surface area (Å²) in [5.41, 5.74) is 3.91. The third-order valence-corrected chi connectivity index (χ3v) is 6.66. The number of benzene rings is 1. The largest absolute Gasteiger partial charge is 0.459 e. The Morgan fingerprint density at radius 2 is 1.76 bits per heavy atom. The summed E-state index contributed by atoms with van der Waals surface area (Å²) >= 11 is 0. The molecule has 1 aliphatic heterocycles. The number of rotatable bonds is 6. The Labute approximate surface area is 174 Å². The first-order valence-corrected chi connectivity index (χ1v) is 11.0. The first-order valence-electron chi connectivity index (χ1n) is 11.0. The monoisotopic (exact) mass is 401 g/mol. The molecule has 2 unspecified atom stereocenters. The van der Waals surface area contributed by atoms with Crippen molar-refractivity contribution >= 4 is 11.9 Å². The summed E-state index contributed by atoms with van der Waals surface area (Å²) in [6, 6.07) is 4.22. The molecule has 1 saturated carbocycles. The predicted octanol–water partition coefficient (Wildman–Crippen LogP) is 4.26. The van der Waals surface area contributed by atoms with E-state index in [1.165, 1.54) is 5.56 Å². The van der Waals surface area contributed by atoms with Crippen molar-refractivity contribution in [3.63, 3.8) is 0 Å². The molecule has 160 valence electrons. The van der Waals surface area contributed by atoms with Gasteiger partial charge in [0.2, 0.25) is 5.91 Å². The van der Waals surface area contributed by atoms with Crippen molar-refractivity contribution in [3.8, 4) is 0 Å². The van der Waals surface area contributed by atoms with Crippen molar-refractivity contribution in [1.29, 1.82) is 0 Å². The highest BCUT2D eigenvalue weighted by Crippen LogP contribution is 2.45. The van der Waals surface area contributed by atoms with Gasteiger partial charge < -0.3 is 14.8 Å². The fourth-order valence-electron chi connectivity index (χ4n) is 4.98. The molecule has 0 bridgehead atoms. The molecule has 0 aromatic heterocycles. The van der Waals surface area contributed by atoms with E-state index in [0.29, 0.717) is 13.0 Å². The third-order valence-electron chi connectivity index (χ3n) is 6.66. The van der Waals surface area contributed by atoms with Gasteiger partial charge in [0.1, 0.15) is 12.0 Å². The van der Waals surface area contributed by atoms with E-state index in [0.717, 1.165) is 48.8 Å². The first kappa shape index (κ1) is 21.8. The molecule has 2 atom stereocenters. The zero-order chi connectivity index (χ0) is 21.2. The van der Waals surface area contributed by atoms with E-state index in [4.69, 9.17) is 9.47 Å². The Morgan fingerprint density at radius 1 is 1.10 bits per heavy atom. The fourth-order valence-corrected chi connectivity index (χ4v) is 4.98. The average molecular weight is 402 g/mol. The Kier molecular flexibility index (Phi) is 6.67. The van der Waals surface area contributed by atoms with Gasteiger partial charge in [-0.25, -0.2) is 0 Å². The summed E-state index contributed by atoms with van der Waals surface area (Å²) < 4.78 is 11.8. The summed E-state index contributed by atoms with van der Waals surface area (Å²) in [6.07, 6.45) is 4.14. The normalized spacial score (nSPS) is 29.1. The van der Waals surface area contributed by atoms with E-state index in [1.807, 2.05) is 20.8 Å². The van der Waals surface area contributed by atoms with Crippen LogP contribution in [0.15, 0.2) is 12.1 Å². The molecule has 3 rings (SSSR count). The number of carbonyl (C=O) groups excluding carboxylic acids is 2. The van der Waals surface area contributed by atoms with Crippen molar-refractivity contribution in [1.82, 2.24) is 5.32 Å². The molecule has 5 nitrogen and oxygen atoms in total. The van der Waals surface area contributed by atoms with Crippen LogP contribution in [0.4, 0.5) is 0 Å². The average Bonchev–Trinajstić information content (AvgIpc) is 2.92. The lowest BCUT2D eigenvalue weighted by Gasteiger charge is -2.41. The number of carbonyl (C=O) groups is 2. The Hall–Kier alpha value is -1.88. The molecule has 1 spiro atoms. The maximum atomic E-state index is 13.2. The van der Waals surface area contributed by atoms with Crippen molar-refractivity contribution in [2.75, 3.05) is 6.61 Å². The van der Waals surface area contributed by atoms with Gasteiger partial charge in [-0.2, -0.15) is 0 Å². The van der Waals surface area contributed by atoms with Gasteiger partial charge in [0.15, 0.2) is 0 Å². The zero-order valence-electron chi connectivity index (χ0n) is 18.5. The minimum atomic E-state index is -0.496. The van der Waals surface area contributed by atoms with Crippen LogP contribution in [0.25, 0.3) is 0 Å². The van der Waals surface area contributed by atoms with E-state index in [1.54, 1.807) is 0 Å². The molecule has 1 heterocycles. The van der Waals surface area contributed by atoms with E-state index >= 15 is 0 Å². The number of hydrogen-bond acceptors (Lipinski definition) is 4. The van der Waals surface area contributed by atoms with Gasteiger partial charge in [-0.15, -0.1) is 0 Å². The quantitative estimate of drug-likeness (QED) is 0.724. The minimum absolute atomic E-state index is 0.0273. The number of nitrogens with one attached hydrogen (secondary N) is 1. The summed E-state index contributed by atoms with van der Waals surface area (Å²) in [5.74, 6) is -0.703. The second-order valence-electron chi connectivity index (χ2n) is 8.73. The van der Waals surface area contributed by atoms with Gasteiger partial charge in [-0.3, -0.25) is 9.59 Å². The highest BCUT2D eigenvalue weighted by atomic mass is 16.5. The lowest BCUT2D eigenvalue weighted by molar-refractivity contribution is -0.154. The van der Waals surface area contributed by atoms with Gasteiger partial charge in [0.25, 0.3) is 0 Å². The van der Waals surface area contributed by atoms with Crippen LogP contribution >= 0.6 is 0 Å². The number of hydrogen-bond donors (Lipinski definition) is 1. The van der Waals surface area contributed by atoms with Crippen molar-refractivity contribution in [3.05, 3.63) is 34.4 Å². The first-order chi connectivity index (χ1) is 13.8. The van der Waals surface area contributed by atoms with Crippen molar-refractivity contribution in [2.45, 2.75) is 96.8 Å². The molecule has 2 fully saturated rings. The Morgan fingerprint density at radius 3 is 2.38 bits per heavy atom. The Bertz CT molecular complexity index is 764. The number of ether oxygens (including phenoxy) is 2. The van der Waals surface area contributed by atoms with Gasteiger partial charge in [0.05, 0.1) is 11.6 Å². The molecular weight excluding hydrogens is 366 g/mol. The summed E-state index contributed by atoms with van der Waals surface area (Å²) in [6.45, 7) is 10.9. The standard InChI is InChI=1S/C24H35NO4/c1-6-8-20(26)29-22-21(19-14-16(4)15(3)13-17(19)5)23(27)25-24(22)11-9-18(10-12-24)28-7-2/h13-14,18,21-22H,6-12H2,1-5H3,(H,25,27). The van der Waals surface area contributed by atoms with Crippen molar-refractivity contribution < 1.29 is 19.1 Å². The Balaban J connectivity index is 1.96. The van der Waals surface area contributed by atoms with Crippen LogP contribution in [0, 0.1) is 20.8 Å². The van der Waals surface area contributed by atoms with Gasteiger partial charge in [-0.1, -0.05) is 19.1 Å². The van der Waals surface area contributed by atoms with Crippen LogP contribution in [0.5, 0.6) is 0 Å². The molecule has 1 amide bonds. The lowest BCUT2D eigenvalue weighted by atomic mass is 9.74. The molecule has 29 heavy (non-hydrogen) atoms. The van der Waals surface area contributed by atoms with E-state index in [9.17, 15) is 9.59 Å². The van der Waals surface area contributed by atoms with Crippen LogP contribution in [0.3, 0.4) is 0 Å². The second-order valence-corrected chi connectivity index (χ2v) is 8.73. The molecular formula is C24H35NO4. The maximum Gasteiger partial charge on any atom is 0.306 e. The van der Waals surface area contributed by atoms with E-state index in [-0.39, 0.29) is 18.0 Å². The molecule has 1 aliphatic carbocycles. The zero-order valence-corrected chi connectivity index (χ0v) is 18.5. The molecule has 2 aliphatic rings. The summed E-state index contributed by atoms with van der Waals surface area (Å²) in [4.78, 5) is 25.7. The van der Waals surface area contributed by atoms with Gasteiger partial charge in [-0.05, 0) is 82.1 Å². The number of amides is 1. The third kappa shape index (κ3) is 4.35. The number of aryl methyl sites for hydroxylation is 3. The SMILES string of the molecule is CCCC(=O)OC1C(c2cc(C)c(C)cc2C)C(=O)NC12CCC(OCC)CC2. The van der Waals surface area contributed by atoms with Crippen LogP contribution in [0.2, 0.25) is 0 Å². The van der Waals surface area contributed by atoms with E-state index in [2.05, 4.69) is 31.3 Å². The summed E-state index contributed by atoms with van der Waals surface area (Å²) in [5, 5.41) is 3.27. The smallest absolute Gasteiger partial charge is 0.306 e. The topological polar surface area (TPSA) is 64.6 Å². The summed E-state index contributed by atoms with van der Waals surface area (Å²) in [7, 11) is 0. The maximum absolute atomic E-state index is 13.2. The minimum Gasteiger partial charge on any atom is -0.459 e. The molecule has 5 heteroatoms. The van der Waals surface area contributed by atoms with Gasteiger partial charge >= 0.3 is 5.97 Å².